The van der Waals surface area contributed by atoms with Gasteiger partial charge in [-0.2, -0.15) is 11.8 Å². The van der Waals surface area contributed by atoms with Crippen LogP contribution in [0.1, 0.15) is 12.0 Å². The molecule has 1 saturated heterocycles. The molecule has 1 amide bonds. The Bertz CT molecular complexity index is 726. The number of hydrogen-bond donors (Lipinski definition) is 1. The van der Waals surface area contributed by atoms with Crippen LogP contribution in [0.4, 0.5) is 0 Å². The number of benzene rings is 2. The highest BCUT2D eigenvalue weighted by Crippen LogP contribution is 2.23. The van der Waals surface area contributed by atoms with Crippen molar-refractivity contribution >= 4 is 34.4 Å². The van der Waals surface area contributed by atoms with E-state index in [2.05, 4.69) is 0 Å². The molecule has 120 valence electrons. The molecule has 3 rings (SSSR count). The fourth-order valence-corrected chi connectivity index (χ4v) is 4.13. The van der Waals surface area contributed by atoms with Crippen LogP contribution in [0, 0.1) is 0 Å². The van der Waals surface area contributed by atoms with E-state index in [1.807, 2.05) is 42.5 Å². The summed E-state index contributed by atoms with van der Waals surface area (Å²) in [6.07, 6.45) is 0.344. The van der Waals surface area contributed by atoms with Crippen LogP contribution in [0.25, 0.3) is 10.8 Å². The number of amides is 1. The van der Waals surface area contributed by atoms with E-state index in [-0.39, 0.29) is 18.4 Å². The highest BCUT2D eigenvalue weighted by atomic mass is 32.2. The van der Waals surface area contributed by atoms with Crippen molar-refractivity contribution in [2.45, 2.75) is 18.9 Å². The normalized spacial score (nSPS) is 18.1. The number of carbonyl (C=O) groups is 2. The van der Waals surface area contributed by atoms with Gasteiger partial charge in [-0.15, -0.1) is 0 Å². The maximum absolute atomic E-state index is 12.7. The third kappa shape index (κ3) is 3.67. The smallest absolute Gasteiger partial charge is 0.305 e. The first kappa shape index (κ1) is 15.9. The summed E-state index contributed by atoms with van der Waals surface area (Å²) in [6.45, 7) is 0.631. The molecular weight excluding hydrogens is 310 g/mol. The highest BCUT2D eigenvalue weighted by Gasteiger charge is 2.28. The van der Waals surface area contributed by atoms with Crippen LogP contribution in [0.3, 0.4) is 0 Å². The molecule has 1 aliphatic heterocycles. The van der Waals surface area contributed by atoms with Gasteiger partial charge in [0, 0.05) is 18.1 Å². The lowest BCUT2D eigenvalue weighted by Crippen LogP contribution is -2.47. The van der Waals surface area contributed by atoms with Crippen LogP contribution in [-0.2, 0) is 16.0 Å². The van der Waals surface area contributed by atoms with Crippen molar-refractivity contribution in [1.29, 1.82) is 0 Å². The van der Waals surface area contributed by atoms with Crippen LogP contribution in [0.15, 0.2) is 42.5 Å². The predicted molar refractivity (Wildman–Crippen MR) is 92.7 cm³/mol. The maximum atomic E-state index is 12.7. The zero-order valence-electron chi connectivity index (χ0n) is 12.8. The van der Waals surface area contributed by atoms with Crippen molar-refractivity contribution in [3.05, 3.63) is 48.0 Å². The molecule has 1 heterocycles. The summed E-state index contributed by atoms with van der Waals surface area (Å²) < 4.78 is 0. The van der Waals surface area contributed by atoms with Gasteiger partial charge in [0.1, 0.15) is 0 Å². The van der Waals surface area contributed by atoms with Gasteiger partial charge in [-0.05, 0) is 16.3 Å². The largest absolute Gasteiger partial charge is 0.481 e. The Morgan fingerprint density at radius 2 is 1.96 bits per heavy atom. The Balaban J connectivity index is 1.80. The fraction of sp³-hybridized carbons (Fsp3) is 0.333. The Kier molecular flexibility index (Phi) is 4.86. The minimum absolute atomic E-state index is 0.0212. The van der Waals surface area contributed by atoms with Crippen LogP contribution < -0.4 is 0 Å². The molecular formula is C18H19NO3S. The Hall–Kier alpha value is -2.01. The predicted octanol–water partition coefficient (Wildman–Crippen LogP) is 2.80. The topological polar surface area (TPSA) is 57.6 Å². The lowest BCUT2D eigenvalue weighted by atomic mass is 10.0. The number of hydrogen-bond acceptors (Lipinski definition) is 3. The molecule has 4 nitrogen and oxygen atoms in total. The zero-order valence-corrected chi connectivity index (χ0v) is 13.6. The lowest BCUT2D eigenvalue weighted by Gasteiger charge is -2.34. The quantitative estimate of drug-likeness (QED) is 0.937. The molecule has 0 saturated carbocycles. The van der Waals surface area contributed by atoms with Crippen LogP contribution in [0.5, 0.6) is 0 Å². The third-order valence-corrected chi connectivity index (χ3v) is 5.27. The van der Waals surface area contributed by atoms with Crippen molar-refractivity contribution in [1.82, 2.24) is 4.90 Å². The van der Waals surface area contributed by atoms with E-state index in [1.54, 1.807) is 16.7 Å². The van der Waals surface area contributed by atoms with E-state index in [0.29, 0.717) is 18.7 Å². The van der Waals surface area contributed by atoms with Gasteiger partial charge >= 0.3 is 5.97 Å². The van der Waals surface area contributed by atoms with Crippen molar-refractivity contribution in [2.24, 2.45) is 0 Å². The lowest BCUT2D eigenvalue weighted by molar-refractivity contribution is -0.140. The monoisotopic (exact) mass is 329 g/mol. The number of carboxylic acids is 1. The van der Waals surface area contributed by atoms with Crippen LogP contribution >= 0.6 is 11.8 Å². The molecule has 2 aromatic rings. The van der Waals surface area contributed by atoms with Gasteiger partial charge in [0.25, 0.3) is 0 Å². The van der Waals surface area contributed by atoms with E-state index >= 15 is 0 Å². The third-order valence-electron chi connectivity index (χ3n) is 4.18. The number of carbonyl (C=O) groups excluding carboxylic acids is 1. The second-order valence-electron chi connectivity index (χ2n) is 5.73. The van der Waals surface area contributed by atoms with Gasteiger partial charge in [-0.1, -0.05) is 42.5 Å². The van der Waals surface area contributed by atoms with E-state index in [4.69, 9.17) is 5.11 Å². The van der Waals surface area contributed by atoms with Crippen molar-refractivity contribution in [3.63, 3.8) is 0 Å². The average Bonchev–Trinajstić information content (AvgIpc) is 2.55. The summed E-state index contributed by atoms with van der Waals surface area (Å²) in [7, 11) is 0. The van der Waals surface area contributed by atoms with Crippen LogP contribution in [0.2, 0.25) is 0 Å². The first-order valence-electron chi connectivity index (χ1n) is 7.71. The Labute approximate surface area is 139 Å². The number of thioether (sulfide) groups is 1. The molecule has 1 atom stereocenters. The molecule has 0 aromatic heterocycles. The number of nitrogens with zero attached hydrogens (tertiary/aromatic N) is 1. The number of carboxylic acid groups (broad SMARTS) is 1. The number of fused-ring (bicyclic) bond motifs is 1. The molecule has 1 aliphatic rings. The molecule has 2 aromatic carbocycles. The molecule has 0 spiro atoms. The van der Waals surface area contributed by atoms with Crippen molar-refractivity contribution in [2.75, 3.05) is 18.1 Å². The van der Waals surface area contributed by atoms with Gasteiger partial charge in [0.15, 0.2) is 0 Å². The maximum Gasteiger partial charge on any atom is 0.305 e. The van der Waals surface area contributed by atoms with Gasteiger partial charge in [0.05, 0.1) is 18.9 Å². The first-order valence-corrected chi connectivity index (χ1v) is 8.86. The van der Waals surface area contributed by atoms with Gasteiger partial charge < -0.3 is 10.0 Å². The van der Waals surface area contributed by atoms with E-state index in [9.17, 15) is 9.59 Å². The standard InChI is InChI=1S/C18H19NO3S/c20-17(19-8-9-23-12-15(19)11-18(21)22)10-14-6-3-5-13-4-1-2-7-16(13)14/h1-7,15H,8-12H2,(H,21,22). The second-order valence-corrected chi connectivity index (χ2v) is 6.88. The van der Waals surface area contributed by atoms with E-state index in [0.717, 1.165) is 22.1 Å². The molecule has 1 fully saturated rings. The summed E-state index contributed by atoms with van der Waals surface area (Å²) in [4.78, 5) is 25.5. The summed E-state index contributed by atoms with van der Waals surface area (Å²) in [5, 5.41) is 11.3. The molecule has 23 heavy (non-hydrogen) atoms. The summed E-state index contributed by atoms with van der Waals surface area (Å²) >= 11 is 1.72. The minimum atomic E-state index is -0.847. The highest BCUT2D eigenvalue weighted by molar-refractivity contribution is 7.99. The Morgan fingerprint density at radius 1 is 1.17 bits per heavy atom. The summed E-state index contributed by atoms with van der Waals surface area (Å²) in [5.41, 5.74) is 1.00. The second kappa shape index (κ2) is 7.04. The number of rotatable bonds is 4. The first-order chi connectivity index (χ1) is 11.1. The van der Waals surface area contributed by atoms with Crippen molar-refractivity contribution in [3.8, 4) is 0 Å². The SMILES string of the molecule is O=C(O)CC1CSCCN1C(=O)Cc1cccc2ccccc12. The zero-order chi connectivity index (χ0) is 16.2. The molecule has 0 aliphatic carbocycles. The summed E-state index contributed by atoms with van der Waals surface area (Å²) in [5.74, 6) is 0.749. The average molecular weight is 329 g/mol. The van der Waals surface area contributed by atoms with Gasteiger partial charge in [0.2, 0.25) is 5.91 Å². The molecule has 1 unspecified atom stereocenters. The Morgan fingerprint density at radius 3 is 2.78 bits per heavy atom. The van der Waals surface area contributed by atoms with E-state index in [1.165, 1.54) is 0 Å². The van der Waals surface area contributed by atoms with Gasteiger partial charge in [-0.3, -0.25) is 9.59 Å². The van der Waals surface area contributed by atoms with Crippen LogP contribution in [-0.4, -0.2) is 46.0 Å². The number of aliphatic carboxylic acids is 1. The van der Waals surface area contributed by atoms with E-state index < -0.39 is 5.97 Å². The fourth-order valence-electron chi connectivity index (χ4n) is 3.06. The summed E-state index contributed by atoms with van der Waals surface area (Å²) in [6, 6.07) is 13.8. The molecule has 0 bridgehead atoms. The molecule has 1 N–H and O–H groups in total. The minimum Gasteiger partial charge on any atom is -0.481 e. The van der Waals surface area contributed by atoms with Gasteiger partial charge in [-0.25, -0.2) is 0 Å². The molecule has 5 heteroatoms. The molecule has 0 radical (unpaired) electrons. The van der Waals surface area contributed by atoms with Crippen molar-refractivity contribution < 1.29 is 14.7 Å².